The SMILES string of the molecule is Cc1nc2ccc(OC(F)(F)F)cc2c(-c2ccccc2)c1S(C)(=O)=O. The molecular formula is C18H14F3NO3S. The van der Waals surface area contributed by atoms with Gasteiger partial charge in [0.2, 0.25) is 0 Å². The van der Waals surface area contributed by atoms with Crippen LogP contribution in [0.4, 0.5) is 13.2 Å². The van der Waals surface area contributed by atoms with Crippen LogP contribution in [-0.2, 0) is 9.84 Å². The molecule has 0 radical (unpaired) electrons. The summed E-state index contributed by atoms with van der Waals surface area (Å²) in [6, 6.07) is 12.3. The number of nitrogens with zero attached hydrogens (tertiary/aromatic N) is 1. The summed E-state index contributed by atoms with van der Waals surface area (Å²) < 4.78 is 66.4. The topological polar surface area (TPSA) is 56.3 Å². The zero-order valence-electron chi connectivity index (χ0n) is 13.8. The fraction of sp³-hybridized carbons (Fsp3) is 0.167. The maximum Gasteiger partial charge on any atom is 0.573 e. The van der Waals surface area contributed by atoms with Crippen LogP contribution in [-0.4, -0.2) is 26.0 Å². The number of halogens is 3. The van der Waals surface area contributed by atoms with Gasteiger partial charge in [-0.15, -0.1) is 13.2 Å². The Balaban J connectivity index is 2.41. The lowest BCUT2D eigenvalue weighted by molar-refractivity contribution is -0.274. The number of hydrogen-bond acceptors (Lipinski definition) is 4. The molecule has 2 aromatic carbocycles. The molecule has 0 N–H and O–H groups in total. The highest BCUT2D eigenvalue weighted by Crippen LogP contribution is 2.38. The first-order chi connectivity index (χ1) is 12.1. The normalized spacial score (nSPS) is 12.3. The van der Waals surface area contributed by atoms with Gasteiger partial charge in [-0.1, -0.05) is 30.3 Å². The summed E-state index contributed by atoms with van der Waals surface area (Å²) in [5.41, 5.74) is 1.53. The smallest absolute Gasteiger partial charge is 0.406 e. The molecule has 136 valence electrons. The van der Waals surface area contributed by atoms with Gasteiger partial charge >= 0.3 is 6.36 Å². The van der Waals surface area contributed by atoms with E-state index in [4.69, 9.17) is 0 Å². The highest BCUT2D eigenvalue weighted by molar-refractivity contribution is 7.91. The van der Waals surface area contributed by atoms with Crippen molar-refractivity contribution >= 4 is 20.7 Å². The fourth-order valence-corrected chi connectivity index (χ4v) is 4.07. The standard InChI is InChI=1S/C18H14F3NO3S/c1-11-17(26(2,23)24)16(12-6-4-3-5-7-12)14-10-13(25-18(19,20)21)8-9-15(14)22-11/h3-10H,1-2H3. The van der Waals surface area contributed by atoms with Crippen LogP contribution in [0.1, 0.15) is 5.69 Å². The van der Waals surface area contributed by atoms with Gasteiger partial charge in [-0.3, -0.25) is 4.98 Å². The van der Waals surface area contributed by atoms with Crippen LogP contribution in [0.3, 0.4) is 0 Å². The van der Waals surface area contributed by atoms with E-state index < -0.39 is 21.9 Å². The molecule has 0 aliphatic heterocycles. The van der Waals surface area contributed by atoms with E-state index >= 15 is 0 Å². The number of rotatable bonds is 3. The monoisotopic (exact) mass is 381 g/mol. The molecule has 4 nitrogen and oxygen atoms in total. The Kier molecular flexibility index (Phi) is 4.39. The van der Waals surface area contributed by atoms with Crippen molar-refractivity contribution in [3.8, 4) is 16.9 Å². The molecule has 0 fully saturated rings. The van der Waals surface area contributed by atoms with Gasteiger partial charge in [-0.2, -0.15) is 0 Å². The van der Waals surface area contributed by atoms with Gasteiger partial charge < -0.3 is 4.74 Å². The van der Waals surface area contributed by atoms with Crippen LogP contribution in [0, 0.1) is 6.92 Å². The highest BCUT2D eigenvalue weighted by Gasteiger charge is 2.31. The molecule has 3 rings (SSSR count). The van der Waals surface area contributed by atoms with Crippen molar-refractivity contribution in [3.05, 3.63) is 54.2 Å². The minimum absolute atomic E-state index is 0.0136. The summed E-state index contributed by atoms with van der Waals surface area (Å²) >= 11 is 0. The first-order valence-electron chi connectivity index (χ1n) is 7.52. The molecule has 0 spiro atoms. The molecule has 0 saturated carbocycles. The number of hydrogen-bond donors (Lipinski definition) is 0. The molecule has 0 unspecified atom stereocenters. The molecule has 0 atom stereocenters. The largest absolute Gasteiger partial charge is 0.573 e. The molecule has 0 aliphatic carbocycles. The zero-order chi connectivity index (χ0) is 19.1. The second-order valence-electron chi connectivity index (χ2n) is 5.77. The molecule has 1 aromatic heterocycles. The maximum absolute atomic E-state index is 12.6. The fourth-order valence-electron chi connectivity index (χ4n) is 2.89. The minimum atomic E-state index is -4.85. The van der Waals surface area contributed by atoms with E-state index in [1.54, 1.807) is 37.3 Å². The third-order valence-corrected chi connectivity index (χ3v) is 4.99. The van der Waals surface area contributed by atoms with Crippen molar-refractivity contribution in [3.63, 3.8) is 0 Å². The van der Waals surface area contributed by atoms with E-state index in [1.165, 1.54) is 6.07 Å². The Morgan fingerprint density at radius 3 is 2.27 bits per heavy atom. The Labute approximate surface area is 148 Å². The first kappa shape index (κ1) is 18.2. The van der Waals surface area contributed by atoms with Crippen molar-refractivity contribution in [2.75, 3.05) is 6.26 Å². The number of pyridine rings is 1. The second-order valence-corrected chi connectivity index (χ2v) is 7.72. The molecule has 0 bridgehead atoms. The van der Waals surface area contributed by atoms with Gasteiger partial charge in [-0.05, 0) is 30.7 Å². The quantitative estimate of drug-likeness (QED) is 0.670. The van der Waals surface area contributed by atoms with Gasteiger partial charge in [0.05, 0.1) is 16.1 Å². The lowest BCUT2D eigenvalue weighted by atomic mass is 10.00. The van der Waals surface area contributed by atoms with Crippen LogP contribution in [0.15, 0.2) is 53.4 Å². The van der Waals surface area contributed by atoms with Crippen LogP contribution < -0.4 is 4.74 Å². The first-order valence-corrected chi connectivity index (χ1v) is 9.41. The van der Waals surface area contributed by atoms with E-state index in [9.17, 15) is 21.6 Å². The number of alkyl halides is 3. The van der Waals surface area contributed by atoms with Gasteiger partial charge in [-0.25, -0.2) is 8.42 Å². The molecule has 0 saturated heterocycles. The van der Waals surface area contributed by atoms with Crippen LogP contribution in [0.2, 0.25) is 0 Å². The van der Waals surface area contributed by atoms with E-state index in [-0.39, 0.29) is 16.0 Å². The lowest BCUT2D eigenvalue weighted by Gasteiger charge is -2.16. The molecular weight excluding hydrogens is 367 g/mol. The van der Waals surface area contributed by atoms with Gasteiger partial charge in [0.1, 0.15) is 5.75 Å². The zero-order valence-corrected chi connectivity index (χ0v) is 14.6. The molecule has 8 heteroatoms. The average Bonchev–Trinajstić information content (AvgIpc) is 2.52. The van der Waals surface area contributed by atoms with Crippen molar-refractivity contribution in [2.24, 2.45) is 0 Å². The Hall–Kier alpha value is -2.61. The molecule has 26 heavy (non-hydrogen) atoms. The second kappa shape index (κ2) is 6.28. The number of ether oxygens (including phenoxy) is 1. The lowest BCUT2D eigenvalue weighted by Crippen LogP contribution is -2.17. The maximum atomic E-state index is 12.6. The summed E-state index contributed by atoms with van der Waals surface area (Å²) in [6.45, 7) is 1.56. The number of benzene rings is 2. The number of aryl methyl sites for hydroxylation is 1. The Bertz CT molecular complexity index is 1080. The summed E-state index contributed by atoms with van der Waals surface area (Å²) in [4.78, 5) is 4.24. The van der Waals surface area contributed by atoms with Crippen molar-refractivity contribution in [1.29, 1.82) is 0 Å². The molecule has 0 aliphatic rings. The van der Waals surface area contributed by atoms with Crippen molar-refractivity contribution in [1.82, 2.24) is 4.98 Å². The van der Waals surface area contributed by atoms with Gasteiger partial charge in [0, 0.05) is 17.2 Å². The van der Waals surface area contributed by atoms with Crippen LogP contribution in [0.5, 0.6) is 5.75 Å². The Morgan fingerprint density at radius 2 is 1.69 bits per heavy atom. The predicted molar refractivity (Wildman–Crippen MR) is 91.7 cm³/mol. The summed E-state index contributed by atoms with van der Waals surface area (Å²) in [7, 11) is -3.68. The summed E-state index contributed by atoms with van der Waals surface area (Å²) in [6.07, 6.45) is -3.80. The van der Waals surface area contributed by atoms with E-state index in [0.29, 0.717) is 16.6 Å². The molecule has 1 heterocycles. The highest BCUT2D eigenvalue weighted by atomic mass is 32.2. The van der Waals surface area contributed by atoms with Crippen molar-refractivity contribution < 1.29 is 26.3 Å². The van der Waals surface area contributed by atoms with E-state index in [2.05, 4.69) is 9.72 Å². The van der Waals surface area contributed by atoms with Crippen molar-refractivity contribution in [2.45, 2.75) is 18.2 Å². The number of sulfone groups is 1. The third kappa shape index (κ3) is 3.65. The molecule has 3 aromatic rings. The van der Waals surface area contributed by atoms with E-state index in [1.807, 2.05) is 0 Å². The van der Waals surface area contributed by atoms with E-state index in [0.717, 1.165) is 18.4 Å². The number of aromatic nitrogens is 1. The predicted octanol–water partition coefficient (Wildman–Crippen LogP) is 4.51. The third-order valence-electron chi connectivity index (χ3n) is 3.75. The van der Waals surface area contributed by atoms with Crippen LogP contribution in [0.25, 0.3) is 22.0 Å². The van der Waals surface area contributed by atoms with Gasteiger partial charge in [0.25, 0.3) is 0 Å². The average molecular weight is 381 g/mol. The minimum Gasteiger partial charge on any atom is -0.406 e. The van der Waals surface area contributed by atoms with Gasteiger partial charge in [0.15, 0.2) is 9.84 Å². The molecule has 0 amide bonds. The summed E-state index contributed by atoms with van der Waals surface area (Å²) in [5, 5.41) is 0.268. The summed E-state index contributed by atoms with van der Waals surface area (Å²) in [5.74, 6) is -0.438. The Morgan fingerprint density at radius 1 is 1.04 bits per heavy atom. The number of fused-ring (bicyclic) bond motifs is 1. The van der Waals surface area contributed by atoms with Crippen LogP contribution >= 0.6 is 0 Å².